The highest BCUT2D eigenvalue weighted by Gasteiger charge is 2.14. The minimum absolute atomic E-state index is 0.121. The van der Waals surface area contributed by atoms with Gasteiger partial charge in [0.15, 0.2) is 0 Å². The predicted molar refractivity (Wildman–Crippen MR) is 46.5 cm³/mol. The fraction of sp³-hybridized carbons (Fsp3) is 0.167. The van der Waals surface area contributed by atoms with Crippen molar-refractivity contribution in [2.24, 2.45) is 0 Å². The normalized spacial score (nSPS) is 11.6. The van der Waals surface area contributed by atoms with E-state index in [0.29, 0.717) is 10.2 Å². The molecule has 1 N–H and O–H groups in total. The zero-order valence-corrected chi connectivity index (χ0v) is 8.55. The number of pyridine rings is 1. The van der Waals surface area contributed by atoms with E-state index in [4.69, 9.17) is 4.55 Å². The number of hydrogen-bond acceptors (Lipinski definition) is 3. The molecule has 66 valence electrons. The predicted octanol–water partition coefficient (Wildman–Crippen LogP) is 1.40. The second kappa shape index (κ2) is 3.12. The van der Waals surface area contributed by atoms with Gasteiger partial charge in [-0.2, -0.15) is 8.42 Å². The van der Waals surface area contributed by atoms with Crippen molar-refractivity contribution in [3.05, 3.63) is 22.4 Å². The van der Waals surface area contributed by atoms with E-state index in [-0.39, 0.29) is 4.90 Å². The molecular weight excluding hydrogens is 246 g/mol. The minimum atomic E-state index is -4.13. The molecule has 0 saturated carbocycles. The molecule has 0 bridgehead atoms. The van der Waals surface area contributed by atoms with Crippen LogP contribution >= 0.6 is 15.9 Å². The van der Waals surface area contributed by atoms with E-state index >= 15 is 0 Å². The highest BCUT2D eigenvalue weighted by Crippen LogP contribution is 2.20. The van der Waals surface area contributed by atoms with Gasteiger partial charge < -0.3 is 0 Å². The second-order valence-electron chi connectivity index (χ2n) is 2.20. The van der Waals surface area contributed by atoms with Crippen molar-refractivity contribution in [3.63, 3.8) is 0 Å². The molecule has 1 heterocycles. The third-order valence-corrected chi connectivity index (χ3v) is 3.17. The average Bonchev–Trinajstić information content (AvgIpc) is 1.92. The van der Waals surface area contributed by atoms with Crippen molar-refractivity contribution >= 4 is 26.0 Å². The van der Waals surface area contributed by atoms with E-state index in [1.165, 1.54) is 12.3 Å². The summed E-state index contributed by atoms with van der Waals surface area (Å²) in [5, 5.41) is 0. The first kappa shape index (κ1) is 9.63. The number of rotatable bonds is 1. The van der Waals surface area contributed by atoms with E-state index in [1.54, 1.807) is 6.92 Å². The minimum Gasteiger partial charge on any atom is -0.282 e. The number of hydrogen-bond donors (Lipinski definition) is 1. The van der Waals surface area contributed by atoms with Gasteiger partial charge in [0.25, 0.3) is 10.1 Å². The Bertz CT molecular complexity index is 401. The molecule has 0 spiro atoms. The largest absolute Gasteiger partial charge is 0.294 e. The Labute approximate surface area is 78.5 Å². The Hall–Kier alpha value is -0.460. The van der Waals surface area contributed by atoms with Gasteiger partial charge in [0.2, 0.25) is 0 Å². The van der Waals surface area contributed by atoms with Crippen molar-refractivity contribution in [1.29, 1.82) is 0 Å². The SMILES string of the molecule is Cc1c(S(=O)(=O)O)ccnc1Br. The monoisotopic (exact) mass is 251 g/mol. The lowest BCUT2D eigenvalue weighted by atomic mass is 10.3. The van der Waals surface area contributed by atoms with Crippen LogP contribution in [-0.4, -0.2) is 18.0 Å². The van der Waals surface area contributed by atoms with E-state index in [2.05, 4.69) is 20.9 Å². The van der Waals surface area contributed by atoms with Crippen LogP contribution in [0.3, 0.4) is 0 Å². The molecular formula is C6H6BrNO3S. The molecule has 1 aromatic rings. The van der Waals surface area contributed by atoms with Crippen LogP contribution < -0.4 is 0 Å². The van der Waals surface area contributed by atoms with Crippen LogP contribution in [0.2, 0.25) is 0 Å². The molecule has 1 aromatic heterocycles. The fourth-order valence-electron chi connectivity index (χ4n) is 0.773. The maximum Gasteiger partial charge on any atom is 0.294 e. The van der Waals surface area contributed by atoms with Gasteiger partial charge in [-0.15, -0.1) is 0 Å². The molecule has 4 nitrogen and oxygen atoms in total. The summed E-state index contributed by atoms with van der Waals surface area (Å²) in [5.41, 5.74) is 0.403. The summed E-state index contributed by atoms with van der Waals surface area (Å²) >= 11 is 3.05. The Balaban J connectivity index is 3.47. The van der Waals surface area contributed by atoms with Crippen LogP contribution in [0.1, 0.15) is 5.56 Å². The Kier molecular flexibility index (Phi) is 2.50. The molecule has 0 atom stereocenters. The standard InChI is InChI=1S/C6H6BrNO3S/c1-4-5(12(9,10)11)2-3-8-6(4)7/h2-3H,1H3,(H,9,10,11). The molecule has 0 amide bonds. The van der Waals surface area contributed by atoms with Crippen molar-refractivity contribution in [2.75, 3.05) is 0 Å². The van der Waals surface area contributed by atoms with Gasteiger partial charge in [-0.1, -0.05) is 0 Å². The molecule has 0 aliphatic carbocycles. The second-order valence-corrected chi connectivity index (χ2v) is 4.34. The van der Waals surface area contributed by atoms with Gasteiger partial charge in [-0.3, -0.25) is 4.55 Å². The Morgan fingerprint density at radius 2 is 2.17 bits per heavy atom. The molecule has 0 aromatic carbocycles. The van der Waals surface area contributed by atoms with Gasteiger partial charge in [-0.25, -0.2) is 4.98 Å². The first-order valence-electron chi connectivity index (χ1n) is 3.01. The van der Waals surface area contributed by atoms with Crippen LogP contribution in [0.15, 0.2) is 21.8 Å². The van der Waals surface area contributed by atoms with E-state index in [0.717, 1.165) is 0 Å². The summed E-state index contributed by atoms with van der Waals surface area (Å²) < 4.78 is 30.6. The summed E-state index contributed by atoms with van der Waals surface area (Å²) in [7, 11) is -4.13. The van der Waals surface area contributed by atoms with Crippen LogP contribution in [0, 0.1) is 6.92 Å². The first-order chi connectivity index (χ1) is 5.43. The zero-order chi connectivity index (χ0) is 9.35. The molecule has 0 saturated heterocycles. The third-order valence-electron chi connectivity index (χ3n) is 1.37. The van der Waals surface area contributed by atoms with Gasteiger partial charge in [0, 0.05) is 11.8 Å². The van der Waals surface area contributed by atoms with Gasteiger partial charge in [0.05, 0.1) is 0 Å². The lowest BCUT2D eigenvalue weighted by Crippen LogP contribution is -2.01. The summed E-state index contributed by atoms with van der Waals surface area (Å²) in [6.07, 6.45) is 1.31. The number of aromatic nitrogens is 1. The van der Waals surface area contributed by atoms with Crippen LogP contribution in [0.4, 0.5) is 0 Å². The summed E-state index contributed by atoms with van der Waals surface area (Å²) in [5.74, 6) is 0. The molecule has 0 radical (unpaired) electrons. The zero-order valence-electron chi connectivity index (χ0n) is 6.15. The molecule has 0 aliphatic rings. The molecule has 0 fully saturated rings. The number of nitrogens with zero attached hydrogens (tertiary/aromatic N) is 1. The average molecular weight is 252 g/mol. The number of halogens is 1. The van der Waals surface area contributed by atoms with Gasteiger partial charge in [-0.05, 0) is 28.9 Å². The van der Waals surface area contributed by atoms with Crippen molar-refractivity contribution < 1.29 is 13.0 Å². The highest BCUT2D eigenvalue weighted by molar-refractivity contribution is 9.10. The van der Waals surface area contributed by atoms with Crippen molar-refractivity contribution in [2.45, 2.75) is 11.8 Å². The molecule has 12 heavy (non-hydrogen) atoms. The fourth-order valence-corrected chi connectivity index (χ4v) is 1.95. The molecule has 0 unspecified atom stereocenters. The molecule has 0 aliphatic heterocycles. The van der Waals surface area contributed by atoms with Gasteiger partial charge in [0.1, 0.15) is 9.50 Å². The van der Waals surface area contributed by atoms with Crippen LogP contribution in [0.5, 0.6) is 0 Å². The Morgan fingerprint density at radius 1 is 1.58 bits per heavy atom. The third kappa shape index (κ3) is 1.82. The molecule has 6 heteroatoms. The first-order valence-corrected chi connectivity index (χ1v) is 5.25. The van der Waals surface area contributed by atoms with Crippen LogP contribution in [-0.2, 0) is 10.1 Å². The van der Waals surface area contributed by atoms with E-state index in [1.807, 2.05) is 0 Å². The van der Waals surface area contributed by atoms with Crippen LogP contribution in [0.25, 0.3) is 0 Å². The highest BCUT2D eigenvalue weighted by atomic mass is 79.9. The summed E-state index contributed by atoms with van der Waals surface area (Å²) in [6, 6.07) is 1.25. The quantitative estimate of drug-likeness (QED) is 0.606. The maximum absolute atomic E-state index is 10.7. The van der Waals surface area contributed by atoms with Crippen molar-refractivity contribution in [3.8, 4) is 0 Å². The lowest BCUT2D eigenvalue weighted by Gasteiger charge is -2.01. The molecule has 1 rings (SSSR count). The van der Waals surface area contributed by atoms with E-state index < -0.39 is 10.1 Å². The Morgan fingerprint density at radius 3 is 2.58 bits per heavy atom. The summed E-state index contributed by atoms with van der Waals surface area (Å²) in [4.78, 5) is 3.67. The maximum atomic E-state index is 10.7. The van der Waals surface area contributed by atoms with E-state index in [9.17, 15) is 8.42 Å². The lowest BCUT2D eigenvalue weighted by molar-refractivity contribution is 0.482. The smallest absolute Gasteiger partial charge is 0.282 e. The summed E-state index contributed by atoms with van der Waals surface area (Å²) in [6.45, 7) is 1.56. The van der Waals surface area contributed by atoms with Gasteiger partial charge >= 0.3 is 0 Å². The topological polar surface area (TPSA) is 67.3 Å². The van der Waals surface area contributed by atoms with Crippen molar-refractivity contribution in [1.82, 2.24) is 4.98 Å².